The van der Waals surface area contributed by atoms with E-state index in [2.05, 4.69) is 22.3 Å². The fourth-order valence-corrected chi connectivity index (χ4v) is 5.30. The average Bonchev–Trinajstić information content (AvgIpc) is 3.54. The van der Waals surface area contributed by atoms with Gasteiger partial charge in [-0.3, -0.25) is 9.48 Å². The van der Waals surface area contributed by atoms with E-state index in [4.69, 9.17) is 9.47 Å². The van der Waals surface area contributed by atoms with Crippen molar-refractivity contribution >= 4 is 11.4 Å². The first kappa shape index (κ1) is 24.5. The molecule has 1 amide bonds. The molecule has 0 radical (unpaired) electrons. The second-order valence-corrected chi connectivity index (χ2v) is 9.51. The summed E-state index contributed by atoms with van der Waals surface area (Å²) in [4.78, 5) is 14.8. The second-order valence-electron chi connectivity index (χ2n) is 9.51. The number of nitriles is 2. The molecule has 2 fully saturated rings. The van der Waals surface area contributed by atoms with Crippen LogP contribution in [0.1, 0.15) is 43.0 Å². The van der Waals surface area contributed by atoms with Gasteiger partial charge in [-0.05, 0) is 44.6 Å². The third-order valence-electron chi connectivity index (χ3n) is 7.39. The zero-order valence-corrected chi connectivity index (χ0v) is 21.1. The monoisotopic (exact) mass is 499 g/mol. The van der Waals surface area contributed by atoms with Crippen LogP contribution >= 0.6 is 0 Å². The molecule has 0 atom stereocenters. The molecule has 2 aliphatic heterocycles. The Morgan fingerprint density at radius 3 is 2.59 bits per heavy atom. The number of nitrogens with zero attached hydrogens (tertiary/aromatic N) is 7. The van der Waals surface area contributed by atoms with Crippen molar-refractivity contribution in [1.82, 2.24) is 24.3 Å². The standard InChI is InChI=1S/C27H29N7O3/c1-18-24(21-12-25(36-2)26-22(14-29)15-30-33(26)17-21)16-31-34(18)23-3-7-32(8-4-23)27(35)20(13-28)11-19-5-9-37-10-6-19/h11-12,15-17,19,23H,3-10H2,1-2H3/b20-11+. The molecule has 3 aromatic heterocycles. The minimum absolute atomic E-state index is 0.156. The lowest BCUT2D eigenvalue weighted by molar-refractivity contribution is -0.128. The number of ether oxygens (including phenoxy) is 2. The lowest BCUT2D eigenvalue weighted by Gasteiger charge is -2.32. The minimum Gasteiger partial charge on any atom is -0.494 e. The van der Waals surface area contributed by atoms with E-state index in [-0.39, 0.29) is 23.4 Å². The Kier molecular flexibility index (Phi) is 6.93. The Morgan fingerprint density at radius 1 is 1.16 bits per heavy atom. The molecule has 10 nitrogen and oxygen atoms in total. The topological polar surface area (TPSA) is 121 Å². The molecule has 0 unspecified atom stereocenters. The van der Waals surface area contributed by atoms with Gasteiger partial charge >= 0.3 is 0 Å². The number of amides is 1. The molecule has 0 N–H and O–H groups in total. The van der Waals surface area contributed by atoms with E-state index < -0.39 is 0 Å². The molecule has 0 saturated carbocycles. The van der Waals surface area contributed by atoms with Gasteiger partial charge in [0.1, 0.15) is 34.5 Å². The number of hydrogen-bond donors (Lipinski definition) is 0. The summed E-state index contributed by atoms with van der Waals surface area (Å²) in [6, 6.07) is 6.33. The first-order valence-electron chi connectivity index (χ1n) is 12.5. The summed E-state index contributed by atoms with van der Waals surface area (Å²) < 4.78 is 14.6. The Bertz CT molecular complexity index is 1420. The van der Waals surface area contributed by atoms with Gasteiger partial charge < -0.3 is 14.4 Å². The van der Waals surface area contributed by atoms with Crippen LogP contribution in [0.3, 0.4) is 0 Å². The summed E-state index contributed by atoms with van der Waals surface area (Å²) in [6.07, 6.45) is 10.3. The van der Waals surface area contributed by atoms with E-state index in [0.29, 0.717) is 43.1 Å². The van der Waals surface area contributed by atoms with Crippen LogP contribution in [-0.2, 0) is 9.53 Å². The van der Waals surface area contributed by atoms with Crippen molar-refractivity contribution in [2.45, 2.75) is 38.6 Å². The van der Waals surface area contributed by atoms with Crippen LogP contribution in [0.4, 0.5) is 0 Å². The van der Waals surface area contributed by atoms with Crippen LogP contribution in [-0.4, -0.2) is 63.6 Å². The third-order valence-corrected chi connectivity index (χ3v) is 7.39. The van der Waals surface area contributed by atoms with Gasteiger partial charge in [-0.25, -0.2) is 4.52 Å². The maximum Gasteiger partial charge on any atom is 0.264 e. The highest BCUT2D eigenvalue weighted by Gasteiger charge is 2.28. The number of piperidine rings is 1. The lowest BCUT2D eigenvalue weighted by atomic mass is 9.96. The highest BCUT2D eigenvalue weighted by molar-refractivity contribution is 5.97. The molecule has 2 saturated heterocycles. The van der Waals surface area contributed by atoms with Crippen LogP contribution in [0.15, 0.2) is 36.3 Å². The maximum atomic E-state index is 13.0. The second kappa shape index (κ2) is 10.5. The fraction of sp³-hybridized carbons (Fsp3) is 0.444. The summed E-state index contributed by atoms with van der Waals surface area (Å²) in [5.41, 5.74) is 4.20. The molecule has 10 heteroatoms. The number of rotatable bonds is 5. The maximum absolute atomic E-state index is 13.0. The molecule has 5 heterocycles. The predicted octanol–water partition coefficient (Wildman–Crippen LogP) is 3.43. The van der Waals surface area contributed by atoms with Gasteiger partial charge in [0.15, 0.2) is 0 Å². The summed E-state index contributed by atoms with van der Waals surface area (Å²) in [6.45, 7) is 4.54. The van der Waals surface area contributed by atoms with Crippen LogP contribution in [0.5, 0.6) is 5.75 Å². The molecule has 2 aliphatic rings. The molecule has 3 aromatic rings. The predicted molar refractivity (Wildman–Crippen MR) is 135 cm³/mol. The Morgan fingerprint density at radius 2 is 1.92 bits per heavy atom. The number of pyridine rings is 1. The Balaban J connectivity index is 1.31. The van der Waals surface area contributed by atoms with Crippen molar-refractivity contribution in [3.8, 4) is 29.0 Å². The van der Waals surface area contributed by atoms with E-state index >= 15 is 0 Å². The zero-order valence-electron chi connectivity index (χ0n) is 21.1. The summed E-state index contributed by atoms with van der Waals surface area (Å²) in [5, 5.41) is 28.0. The first-order chi connectivity index (χ1) is 18.0. The number of likely N-dealkylation sites (tertiary alicyclic amines) is 1. The largest absolute Gasteiger partial charge is 0.494 e. The number of methoxy groups -OCH3 is 1. The van der Waals surface area contributed by atoms with Crippen LogP contribution in [0.2, 0.25) is 0 Å². The molecule has 0 aromatic carbocycles. The number of carbonyl (C=O) groups is 1. The van der Waals surface area contributed by atoms with Gasteiger partial charge in [-0.1, -0.05) is 6.08 Å². The van der Waals surface area contributed by atoms with Crippen LogP contribution in [0.25, 0.3) is 16.6 Å². The van der Waals surface area contributed by atoms with E-state index in [9.17, 15) is 15.3 Å². The van der Waals surface area contributed by atoms with Crippen molar-refractivity contribution in [2.24, 2.45) is 5.92 Å². The summed E-state index contributed by atoms with van der Waals surface area (Å²) in [5.74, 6) is 0.621. The van der Waals surface area contributed by atoms with E-state index in [0.717, 1.165) is 42.5 Å². The Labute approximate surface area is 215 Å². The van der Waals surface area contributed by atoms with Crippen LogP contribution < -0.4 is 4.74 Å². The highest BCUT2D eigenvalue weighted by atomic mass is 16.5. The molecule has 0 bridgehead atoms. The van der Waals surface area contributed by atoms with Crippen LogP contribution in [0, 0.1) is 35.5 Å². The molecule has 0 spiro atoms. The van der Waals surface area contributed by atoms with Crippen molar-refractivity contribution in [3.63, 3.8) is 0 Å². The van der Waals surface area contributed by atoms with Crippen molar-refractivity contribution < 1.29 is 14.3 Å². The number of allylic oxidation sites excluding steroid dienone is 1. The van der Waals surface area contributed by atoms with Gasteiger partial charge in [0, 0.05) is 49.3 Å². The van der Waals surface area contributed by atoms with Gasteiger partial charge in [0.25, 0.3) is 5.91 Å². The van der Waals surface area contributed by atoms with E-state index in [1.54, 1.807) is 16.5 Å². The third kappa shape index (κ3) is 4.68. The molecular weight excluding hydrogens is 470 g/mol. The van der Waals surface area contributed by atoms with Crippen molar-refractivity contribution in [2.75, 3.05) is 33.4 Å². The Hall–Kier alpha value is -4.15. The smallest absolute Gasteiger partial charge is 0.264 e. The minimum atomic E-state index is -0.179. The number of fused-ring (bicyclic) bond motifs is 1. The lowest BCUT2D eigenvalue weighted by Crippen LogP contribution is -2.40. The van der Waals surface area contributed by atoms with Gasteiger partial charge in [0.2, 0.25) is 0 Å². The van der Waals surface area contributed by atoms with Gasteiger partial charge in [-0.15, -0.1) is 0 Å². The normalized spacial score (nSPS) is 17.5. The summed E-state index contributed by atoms with van der Waals surface area (Å²) in [7, 11) is 1.58. The molecule has 37 heavy (non-hydrogen) atoms. The quantitative estimate of drug-likeness (QED) is 0.389. The molecule has 190 valence electrons. The van der Waals surface area contributed by atoms with Gasteiger partial charge in [0.05, 0.1) is 25.5 Å². The zero-order chi connectivity index (χ0) is 25.9. The molecular formula is C27H29N7O3. The number of hydrogen-bond acceptors (Lipinski definition) is 7. The number of carbonyl (C=O) groups excluding carboxylic acids is 1. The van der Waals surface area contributed by atoms with Crippen molar-refractivity contribution in [3.05, 3.63) is 47.6 Å². The van der Waals surface area contributed by atoms with E-state index in [1.165, 1.54) is 6.20 Å². The average molecular weight is 500 g/mol. The van der Waals surface area contributed by atoms with Crippen molar-refractivity contribution in [1.29, 1.82) is 10.5 Å². The molecule has 5 rings (SSSR count). The SMILES string of the molecule is COc1cc(-c2cnn(C3CCN(C(=O)/C(C#N)=C/C4CCOCC4)CC3)c2C)cn2ncc(C#N)c12. The number of aromatic nitrogens is 4. The van der Waals surface area contributed by atoms with Gasteiger partial charge in [-0.2, -0.15) is 20.7 Å². The highest BCUT2D eigenvalue weighted by Crippen LogP contribution is 2.33. The fourth-order valence-electron chi connectivity index (χ4n) is 5.30. The summed E-state index contributed by atoms with van der Waals surface area (Å²) >= 11 is 0. The first-order valence-corrected chi connectivity index (χ1v) is 12.5. The molecule has 0 aliphatic carbocycles. The van der Waals surface area contributed by atoms with E-state index in [1.807, 2.05) is 36.1 Å².